The summed E-state index contributed by atoms with van der Waals surface area (Å²) >= 11 is 1.89. The van der Waals surface area contributed by atoms with Gasteiger partial charge in [0, 0.05) is 41.6 Å². The van der Waals surface area contributed by atoms with Crippen molar-refractivity contribution >= 4 is 23.1 Å². The minimum atomic E-state index is -0.138. The number of thiophene rings is 1. The second kappa shape index (κ2) is 10.8. The molecule has 1 atom stereocenters. The van der Waals surface area contributed by atoms with E-state index in [0.29, 0.717) is 5.92 Å². The average molecular weight is 479 g/mol. The highest BCUT2D eigenvalue weighted by molar-refractivity contribution is 7.15. The zero-order chi connectivity index (χ0) is 24.2. The third-order valence-corrected chi connectivity index (χ3v) is 8.14. The molecule has 1 unspecified atom stereocenters. The summed E-state index contributed by atoms with van der Waals surface area (Å²) in [5.74, 6) is 0.576. The van der Waals surface area contributed by atoms with E-state index in [0.717, 1.165) is 44.6 Å². The molecule has 0 fully saturated rings. The highest BCUT2D eigenvalue weighted by Gasteiger charge is 2.30. The van der Waals surface area contributed by atoms with E-state index in [1.54, 1.807) is 0 Å². The molecule has 6 heteroatoms. The van der Waals surface area contributed by atoms with Crippen LogP contribution in [0.4, 0.5) is 10.5 Å². The highest BCUT2D eigenvalue weighted by Crippen LogP contribution is 2.41. The van der Waals surface area contributed by atoms with Crippen LogP contribution in [0.5, 0.6) is 0 Å². The fourth-order valence-electron chi connectivity index (χ4n) is 4.69. The Bertz CT molecular complexity index is 1120. The van der Waals surface area contributed by atoms with Gasteiger partial charge in [-0.1, -0.05) is 26.8 Å². The zero-order valence-electron chi connectivity index (χ0n) is 21.1. The number of carbonyl (C=O) groups is 1. The third kappa shape index (κ3) is 5.56. The molecular weight excluding hydrogens is 440 g/mol. The van der Waals surface area contributed by atoms with Crippen molar-refractivity contribution in [1.82, 2.24) is 14.8 Å². The maximum absolute atomic E-state index is 13.2. The molecule has 0 radical (unpaired) electrons. The Hall–Kier alpha value is -2.57. The van der Waals surface area contributed by atoms with E-state index in [1.165, 1.54) is 32.1 Å². The smallest absolute Gasteiger partial charge is 0.319 e. The van der Waals surface area contributed by atoms with E-state index in [9.17, 15) is 4.79 Å². The SMILES string of the molecule is CCN1CCc2c(sc(-n3cccc3)c2C(CCC(C)C)NC(=O)Nc2ccc(C)c(C)c2)C1. The fraction of sp³-hybridized carbons (Fsp3) is 0.464. The Morgan fingerprint density at radius 1 is 1.12 bits per heavy atom. The Balaban J connectivity index is 1.66. The number of hydrogen-bond acceptors (Lipinski definition) is 3. The van der Waals surface area contributed by atoms with E-state index in [2.05, 4.69) is 85.3 Å². The van der Waals surface area contributed by atoms with Crippen LogP contribution in [0, 0.1) is 19.8 Å². The molecule has 182 valence electrons. The number of rotatable bonds is 8. The number of amides is 2. The molecule has 0 saturated heterocycles. The van der Waals surface area contributed by atoms with E-state index in [4.69, 9.17) is 0 Å². The predicted molar refractivity (Wildman–Crippen MR) is 143 cm³/mol. The van der Waals surface area contributed by atoms with Gasteiger partial charge in [0.05, 0.1) is 6.04 Å². The van der Waals surface area contributed by atoms with Crippen LogP contribution in [0.25, 0.3) is 5.00 Å². The summed E-state index contributed by atoms with van der Waals surface area (Å²) in [7, 11) is 0. The number of hydrogen-bond donors (Lipinski definition) is 2. The number of nitrogens with one attached hydrogen (secondary N) is 2. The van der Waals surface area contributed by atoms with E-state index >= 15 is 0 Å². The van der Waals surface area contributed by atoms with Crippen molar-refractivity contribution in [3.05, 3.63) is 69.9 Å². The van der Waals surface area contributed by atoms with Crippen LogP contribution in [-0.2, 0) is 13.0 Å². The van der Waals surface area contributed by atoms with Gasteiger partial charge in [-0.3, -0.25) is 4.90 Å². The number of aryl methyl sites for hydroxylation is 2. The maximum atomic E-state index is 13.2. The number of anilines is 1. The lowest BCUT2D eigenvalue weighted by atomic mass is 9.92. The zero-order valence-corrected chi connectivity index (χ0v) is 22.0. The van der Waals surface area contributed by atoms with Crippen LogP contribution in [0.1, 0.15) is 66.8 Å². The number of carbonyl (C=O) groups excluding carboxylic acids is 1. The van der Waals surface area contributed by atoms with Crippen LogP contribution in [0.15, 0.2) is 42.7 Å². The van der Waals surface area contributed by atoms with Gasteiger partial charge in [-0.25, -0.2) is 4.79 Å². The number of urea groups is 1. The molecule has 1 aliphatic rings. The van der Waals surface area contributed by atoms with Gasteiger partial charge in [0.25, 0.3) is 0 Å². The van der Waals surface area contributed by atoms with Gasteiger partial charge in [0.2, 0.25) is 0 Å². The topological polar surface area (TPSA) is 49.3 Å². The van der Waals surface area contributed by atoms with Crippen LogP contribution in [-0.4, -0.2) is 28.6 Å². The first-order valence-corrected chi connectivity index (χ1v) is 13.3. The number of likely N-dealkylation sites (N-methyl/N-ethyl adjacent to an activating group) is 1. The molecule has 5 nitrogen and oxygen atoms in total. The summed E-state index contributed by atoms with van der Waals surface area (Å²) in [4.78, 5) is 17.1. The molecule has 0 spiro atoms. The molecule has 2 aromatic heterocycles. The molecule has 0 saturated carbocycles. The lowest BCUT2D eigenvalue weighted by Crippen LogP contribution is -2.35. The number of fused-ring (bicyclic) bond motifs is 1. The summed E-state index contributed by atoms with van der Waals surface area (Å²) < 4.78 is 2.22. The van der Waals surface area contributed by atoms with Crippen molar-refractivity contribution in [3.8, 4) is 5.00 Å². The fourth-order valence-corrected chi connectivity index (χ4v) is 6.11. The van der Waals surface area contributed by atoms with Crippen LogP contribution in [0.3, 0.4) is 0 Å². The second-order valence-corrected chi connectivity index (χ2v) is 10.9. The Labute approximate surface area is 208 Å². The molecule has 0 bridgehead atoms. The lowest BCUT2D eigenvalue weighted by molar-refractivity contribution is 0.246. The van der Waals surface area contributed by atoms with Crippen LogP contribution in [0.2, 0.25) is 0 Å². The minimum Gasteiger partial charge on any atom is -0.331 e. The molecule has 3 aromatic rings. The monoisotopic (exact) mass is 478 g/mol. The molecule has 0 aliphatic carbocycles. The first kappa shape index (κ1) is 24.6. The number of benzene rings is 1. The molecule has 1 aromatic carbocycles. The van der Waals surface area contributed by atoms with Gasteiger partial charge in [-0.15, -0.1) is 11.3 Å². The van der Waals surface area contributed by atoms with Crippen molar-refractivity contribution < 1.29 is 4.79 Å². The molecule has 2 amide bonds. The molecule has 34 heavy (non-hydrogen) atoms. The van der Waals surface area contributed by atoms with Gasteiger partial charge in [0.15, 0.2) is 0 Å². The van der Waals surface area contributed by atoms with E-state index in [1.807, 2.05) is 23.5 Å². The van der Waals surface area contributed by atoms with Crippen LogP contribution < -0.4 is 10.6 Å². The maximum Gasteiger partial charge on any atom is 0.319 e. The van der Waals surface area contributed by atoms with Crippen molar-refractivity contribution in [3.63, 3.8) is 0 Å². The summed E-state index contributed by atoms with van der Waals surface area (Å²) in [5.41, 5.74) is 5.99. The summed E-state index contributed by atoms with van der Waals surface area (Å²) in [6, 6.07) is 10.0. The van der Waals surface area contributed by atoms with Gasteiger partial charge < -0.3 is 15.2 Å². The van der Waals surface area contributed by atoms with Crippen molar-refractivity contribution in [2.75, 3.05) is 18.4 Å². The van der Waals surface area contributed by atoms with Crippen molar-refractivity contribution in [1.29, 1.82) is 0 Å². The quantitative estimate of drug-likeness (QED) is 0.373. The summed E-state index contributed by atoms with van der Waals surface area (Å²) in [6.07, 6.45) is 7.26. The number of aromatic nitrogens is 1. The summed E-state index contributed by atoms with van der Waals surface area (Å²) in [5, 5.41) is 7.69. The molecule has 3 heterocycles. The standard InChI is InChI=1S/C28H38N4OS/c1-6-31-16-13-23-25(18-31)34-27(32-14-7-8-15-32)26(23)24(12-9-19(2)3)30-28(33)29-22-11-10-20(4)21(5)17-22/h7-8,10-11,14-15,17,19,24H,6,9,12-13,16,18H2,1-5H3,(H2,29,30,33). The van der Waals surface area contributed by atoms with Gasteiger partial charge in [-0.2, -0.15) is 0 Å². The van der Waals surface area contributed by atoms with Crippen LogP contribution >= 0.6 is 11.3 Å². The Morgan fingerprint density at radius 2 is 1.88 bits per heavy atom. The predicted octanol–water partition coefficient (Wildman–Crippen LogP) is 6.83. The second-order valence-electron chi connectivity index (χ2n) is 9.85. The lowest BCUT2D eigenvalue weighted by Gasteiger charge is -2.28. The Kier molecular flexibility index (Phi) is 7.79. The third-order valence-electron chi connectivity index (χ3n) is 6.89. The van der Waals surface area contributed by atoms with Crippen molar-refractivity contribution in [2.24, 2.45) is 5.92 Å². The highest BCUT2D eigenvalue weighted by atomic mass is 32.1. The molecular formula is C28H38N4OS. The molecule has 4 rings (SSSR count). The van der Waals surface area contributed by atoms with Gasteiger partial charge >= 0.3 is 6.03 Å². The van der Waals surface area contributed by atoms with Gasteiger partial charge in [0.1, 0.15) is 5.00 Å². The molecule has 2 N–H and O–H groups in total. The van der Waals surface area contributed by atoms with Gasteiger partial charge in [-0.05, 0) is 86.5 Å². The summed E-state index contributed by atoms with van der Waals surface area (Å²) in [6.45, 7) is 14.0. The van der Waals surface area contributed by atoms with Crippen molar-refractivity contribution in [2.45, 2.75) is 66.5 Å². The minimum absolute atomic E-state index is 0.0282. The Morgan fingerprint density at radius 3 is 2.56 bits per heavy atom. The largest absolute Gasteiger partial charge is 0.331 e. The number of nitrogens with zero attached hydrogens (tertiary/aromatic N) is 2. The van der Waals surface area contributed by atoms with E-state index in [-0.39, 0.29) is 12.1 Å². The first-order valence-electron chi connectivity index (χ1n) is 12.5. The first-order chi connectivity index (χ1) is 16.4. The molecule has 1 aliphatic heterocycles. The van der Waals surface area contributed by atoms with E-state index < -0.39 is 0 Å². The normalized spacial score (nSPS) is 14.8. The average Bonchev–Trinajstić information content (AvgIpc) is 3.46.